The molecule has 0 saturated carbocycles. The normalized spacial score (nSPS) is 24.8. The van der Waals surface area contributed by atoms with Crippen molar-refractivity contribution >= 4 is 43.5 Å². The summed E-state index contributed by atoms with van der Waals surface area (Å²) in [6.45, 7) is 0. The molecule has 0 aliphatic carbocycles. The van der Waals surface area contributed by atoms with Gasteiger partial charge in [-0.25, -0.2) is 22.0 Å². The topological polar surface area (TPSA) is 0 Å². The lowest BCUT2D eigenvalue weighted by Crippen LogP contribution is -2.45. The maximum absolute atomic E-state index is 12.7. The van der Waals surface area contributed by atoms with Gasteiger partial charge < -0.3 is 0 Å². The van der Waals surface area contributed by atoms with Gasteiger partial charge in [0, 0.05) is 0 Å². The molecule has 0 fully saturated rings. The van der Waals surface area contributed by atoms with E-state index in [4.69, 9.17) is 0 Å². The summed E-state index contributed by atoms with van der Waals surface area (Å²) in [6, 6.07) is 0. The average Bonchev–Trinajstić information content (AvgIpc) is 1.83. The molecule has 0 aliphatic heterocycles. The van der Waals surface area contributed by atoms with E-state index in [0.29, 0.717) is 0 Å². The first kappa shape index (κ1) is 12.9. The summed E-state index contributed by atoms with van der Waals surface area (Å²) in [5.41, 5.74) is 0. The van der Waals surface area contributed by atoms with Crippen molar-refractivity contribution < 1.29 is 22.0 Å². The van der Waals surface area contributed by atoms with E-state index in [-0.39, 0.29) is 0 Å². The third-order valence-corrected chi connectivity index (χ3v) is 3.54. The van der Waals surface area contributed by atoms with Crippen molar-refractivity contribution in [1.29, 1.82) is 0 Å². The molecule has 0 aromatic rings. The first-order chi connectivity index (χ1) is 5.10. The zero-order valence-electron chi connectivity index (χ0n) is 5.18. The molecule has 3 atom stereocenters. The fraction of sp³-hybridized carbons (Fsp3) is 1.00. The summed E-state index contributed by atoms with van der Waals surface area (Å²) in [4.78, 5) is 0. The zero-order chi connectivity index (χ0) is 10.2. The molecule has 0 nitrogen and oxygen atoms in total. The molecule has 3 unspecified atom stereocenters. The molecule has 0 spiro atoms. The Balaban J connectivity index is 4.61. The van der Waals surface area contributed by atoms with Crippen LogP contribution in [0.3, 0.4) is 0 Å². The molecule has 0 heterocycles. The summed E-state index contributed by atoms with van der Waals surface area (Å²) in [5.74, 6) is 0. The van der Waals surface area contributed by atoms with Crippen molar-refractivity contribution in [2.75, 3.05) is 0 Å². The number of hydrogen-bond donors (Lipinski definition) is 0. The lowest BCUT2D eigenvalue weighted by Gasteiger charge is -2.27. The summed E-state index contributed by atoms with van der Waals surface area (Å²) >= 11 is 8.28. The fourth-order valence-electron chi connectivity index (χ4n) is 0.315. The van der Waals surface area contributed by atoms with Crippen molar-refractivity contribution in [2.24, 2.45) is 0 Å². The number of halogens is 8. The van der Waals surface area contributed by atoms with Gasteiger partial charge in [0.25, 0.3) is 15.0 Å². The molecule has 0 bridgehead atoms. The van der Waals surface area contributed by atoms with E-state index in [1.54, 1.807) is 15.9 Å². The van der Waals surface area contributed by atoms with E-state index < -0.39 is 21.2 Å². The van der Waals surface area contributed by atoms with Gasteiger partial charge in [0.05, 0.1) is 0 Å². The first-order valence-electron chi connectivity index (χ1n) is 2.47. The van der Waals surface area contributed by atoms with E-state index in [9.17, 15) is 22.0 Å². The predicted octanol–water partition coefficient (Wildman–Crippen LogP) is 3.91. The van der Waals surface area contributed by atoms with Crippen LogP contribution >= 0.6 is 43.5 Å². The largest absolute Gasteiger partial charge is 0.284 e. The molecule has 0 saturated heterocycles. The highest BCUT2D eigenvalue weighted by molar-refractivity contribution is 9.13. The van der Waals surface area contributed by atoms with Crippen LogP contribution in [0.1, 0.15) is 0 Å². The lowest BCUT2D eigenvalue weighted by molar-refractivity contribution is -0.0268. The van der Waals surface area contributed by atoms with Gasteiger partial charge in [-0.2, -0.15) is 0 Å². The van der Waals surface area contributed by atoms with Crippen molar-refractivity contribution in [2.45, 2.75) is 21.2 Å². The van der Waals surface area contributed by atoms with Crippen LogP contribution in [-0.2, 0) is 0 Å². The number of rotatable bonds is 3. The van der Waals surface area contributed by atoms with Gasteiger partial charge in [0.15, 0.2) is 0 Å². The average molecular weight is 340 g/mol. The Labute approximate surface area is 86.7 Å². The van der Waals surface area contributed by atoms with Gasteiger partial charge in [-0.15, -0.1) is 0 Å². The molecule has 0 aliphatic rings. The molecule has 0 aromatic heterocycles. The zero-order valence-corrected chi connectivity index (χ0v) is 9.11. The van der Waals surface area contributed by atoms with Gasteiger partial charge in [0.1, 0.15) is 0 Å². The highest BCUT2D eigenvalue weighted by Crippen LogP contribution is 2.49. The minimum absolute atomic E-state index is 1.79. The summed E-state index contributed by atoms with van der Waals surface area (Å²) in [5, 5.41) is 0. The van der Waals surface area contributed by atoms with Crippen LogP contribution in [0.15, 0.2) is 0 Å². The quantitative estimate of drug-likeness (QED) is 0.540. The molecule has 0 amide bonds. The van der Waals surface area contributed by atoms with Gasteiger partial charge >= 0.3 is 0 Å². The second-order valence-corrected chi connectivity index (χ2v) is 5.08. The van der Waals surface area contributed by atoms with Crippen LogP contribution in [-0.4, -0.2) is 21.2 Å². The summed E-state index contributed by atoms with van der Waals surface area (Å²) in [6.07, 6.45) is -7.03. The van der Waals surface area contributed by atoms with E-state index in [0.717, 1.165) is 0 Å². The monoisotopic (exact) mass is 338 g/mol. The van der Waals surface area contributed by atoms with Crippen molar-refractivity contribution in [3.8, 4) is 0 Å². The van der Waals surface area contributed by atoms with Gasteiger partial charge in [-0.3, -0.25) is 0 Å². The summed E-state index contributed by atoms with van der Waals surface area (Å²) < 4.78 is 53.5. The van der Waals surface area contributed by atoms with Crippen LogP contribution in [0.5, 0.6) is 0 Å². The maximum Gasteiger partial charge on any atom is 0.284 e. The van der Waals surface area contributed by atoms with E-state index >= 15 is 0 Å². The molecule has 0 radical (unpaired) electrons. The highest BCUT2D eigenvalue weighted by atomic mass is 79.9. The van der Waals surface area contributed by atoms with Crippen LogP contribution in [0.4, 0.5) is 22.0 Å². The molecule has 74 valence electrons. The first-order valence-corrected chi connectivity index (χ1v) is 4.44. The Morgan fingerprint density at radius 1 is 1.08 bits per heavy atom. The third kappa shape index (κ3) is 2.70. The number of alkyl halides is 8. The van der Waals surface area contributed by atoms with E-state index in [2.05, 4.69) is 11.6 Å². The molecule has 0 rings (SSSR count). The lowest BCUT2D eigenvalue weighted by atomic mass is 10.3. The predicted molar refractivity (Wildman–Crippen MR) is 42.3 cm³/mol. The second kappa shape index (κ2) is 3.96. The SMILES string of the molecule is FC(F)C(F)C(F)(Br)C(F)(Cl)Br. The van der Waals surface area contributed by atoms with Crippen molar-refractivity contribution in [3.05, 3.63) is 0 Å². The van der Waals surface area contributed by atoms with E-state index in [1.165, 1.54) is 0 Å². The summed E-state index contributed by atoms with van der Waals surface area (Å²) in [7, 11) is 0. The van der Waals surface area contributed by atoms with Gasteiger partial charge in [-0.1, -0.05) is 11.6 Å². The van der Waals surface area contributed by atoms with Gasteiger partial charge in [-0.05, 0) is 31.9 Å². The fourth-order valence-corrected chi connectivity index (χ4v) is 0.837. The van der Waals surface area contributed by atoms with Crippen LogP contribution in [0.25, 0.3) is 0 Å². The molecule has 8 heteroatoms. The van der Waals surface area contributed by atoms with E-state index in [1.807, 2.05) is 15.9 Å². The van der Waals surface area contributed by atoms with Crippen LogP contribution in [0.2, 0.25) is 0 Å². The standard InChI is InChI=1S/C4H2Br2ClF5/c5-3(11,4(6,7)12)1(8)2(9)10/h1-2H. The number of hydrogen-bond acceptors (Lipinski definition) is 0. The highest BCUT2D eigenvalue weighted by Gasteiger charge is 2.58. The third-order valence-electron chi connectivity index (χ3n) is 0.946. The van der Waals surface area contributed by atoms with Crippen molar-refractivity contribution in [3.63, 3.8) is 0 Å². The Bertz CT molecular complexity index is 156. The second-order valence-electron chi connectivity index (χ2n) is 1.86. The smallest absolute Gasteiger partial charge is 0.236 e. The Hall–Kier alpha value is 0.900. The van der Waals surface area contributed by atoms with Crippen LogP contribution in [0, 0.1) is 0 Å². The Morgan fingerprint density at radius 3 is 1.50 bits per heavy atom. The Morgan fingerprint density at radius 2 is 1.42 bits per heavy atom. The Kier molecular flexibility index (Phi) is 4.25. The van der Waals surface area contributed by atoms with Crippen LogP contribution < -0.4 is 0 Å². The maximum atomic E-state index is 12.7. The molecular weight excluding hydrogens is 338 g/mol. The molecule has 0 N–H and O–H groups in total. The minimum Gasteiger partial charge on any atom is -0.236 e. The molecule has 0 aromatic carbocycles. The minimum atomic E-state index is -3.67. The van der Waals surface area contributed by atoms with Crippen molar-refractivity contribution in [1.82, 2.24) is 0 Å². The van der Waals surface area contributed by atoms with Gasteiger partial charge in [0.2, 0.25) is 6.17 Å². The molecule has 12 heavy (non-hydrogen) atoms. The molecular formula is C4H2Br2ClF5.